The van der Waals surface area contributed by atoms with Gasteiger partial charge in [-0.1, -0.05) is 29.8 Å². The fourth-order valence-corrected chi connectivity index (χ4v) is 2.73. The summed E-state index contributed by atoms with van der Waals surface area (Å²) in [5, 5.41) is 0.394. The average Bonchev–Trinajstić information content (AvgIpc) is 2.71. The van der Waals surface area contributed by atoms with E-state index < -0.39 is 5.97 Å². The molecule has 2 aromatic rings. The molecule has 0 saturated carbocycles. The van der Waals surface area contributed by atoms with Crippen molar-refractivity contribution in [3.05, 3.63) is 53.1 Å². The largest absolute Gasteiger partial charge is 0.486 e. The van der Waals surface area contributed by atoms with Crippen LogP contribution in [0.2, 0.25) is 5.02 Å². The Morgan fingerprint density at radius 1 is 1.07 bits per heavy atom. The first-order valence-corrected chi connectivity index (χ1v) is 9.06. The number of ether oxygens (including phenoxy) is 4. The zero-order valence-corrected chi connectivity index (χ0v) is 16.1. The van der Waals surface area contributed by atoms with Gasteiger partial charge in [-0.2, -0.15) is 0 Å². The third kappa shape index (κ3) is 5.29. The number of amides is 1. The molecule has 0 bridgehead atoms. The van der Waals surface area contributed by atoms with Gasteiger partial charge in [0.1, 0.15) is 19.0 Å². The molecule has 0 unspecified atom stereocenters. The van der Waals surface area contributed by atoms with Gasteiger partial charge in [-0.25, -0.2) is 4.79 Å². The number of nitrogens with zero attached hydrogens (tertiary/aromatic N) is 1. The van der Waals surface area contributed by atoms with E-state index in [-0.39, 0.29) is 19.1 Å². The smallest absolute Gasteiger partial charge is 0.344 e. The number of benzene rings is 2. The number of halogens is 1. The van der Waals surface area contributed by atoms with Crippen molar-refractivity contribution >= 4 is 23.5 Å². The number of rotatable bonds is 7. The van der Waals surface area contributed by atoms with Gasteiger partial charge in [-0.05, 0) is 29.8 Å². The molecule has 0 aliphatic carbocycles. The van der Waals surface area contributed by atoms with Gasteiger partial charge in [-0.15, -0.1) is 0 Å². The number of esters is 1. The highest BCUT2D eigenvalue weighted by atomic mass is 35.5. The van der Waals surface area contributed by atoms with Gasteiger partial charge < -0.3 is 23.8 Å². The lowest BCUT2D eigenvalue weighted by atomic mass is 10.2. The van der Waals surface area contributed by atoms with E-state index in [0.717, 1.165) is 5.56 Å². The minimum absolute atomic E-state index is 0.330. The quantitative estimate of drug-likeness (QED) is 0.659. The van der Waals surface area contributed by atoms with Crippen molar-refractivity contribution in [2.24, 2.45) is 0 Å². The lowest BCUT2D eigenvalue weighted by Gasteiger charge is -2.21. The van der Waals surface area contributed by atoms with Gasteiger partial charge in [0.15, 0.2) is 24.7 Å². The number of hydrogen-bond acceptors (Lipinski definition) is 6. The molecule has 1 aliphatic rings. The number of carbonyl (C=O) groups is 2. The minimum atomic E-state index is -0.652. The van der Waals surface area contributed by atoms with Crippen molar-refractivity contribution in [3.63, 3.8) is 0 Å². The van der Waals surface area contributed by atoms with E-state index in [2.05, 4.69) is 0 Å². The SMILES string of the molecule is CN(Cc1ccc2c(c1)OCCO2)C(=O)COC(=O)COc1ccccc1Cl. The molecular weight excluding hydrogens is 386 g/mol. The Hall–Kier alpha value is -2.93. The second-order valence-corrected chi connectivity index (χ2v) is 6.51. The average molecular weight is 406 g/mol. The second-order valence-electron chi connectivity index (χ2n) is 6.11. The summed E-state index contributed by atoms with van der Waals surface area (Å²) < 4.78 is 21.3. The molecule has 148 valence electrons. The fourth-order valence-electron chi connectivity index (χ4n) is 2.54. The Morgan fingerprint density at radius 3 is 2.61 bits per heavy atom. The number of likely N-dealkylation sites (N-methyl/N-ethyl adjacent to an activating group) is 1. The predicted octanol–water partition coefficient (Wildman–Crippen LogP) is 2.69. The van der Waals surface area contributed by atoms with Crippen molar-refractivity contribution in [3.8, 4) is 17.2 Å². The lowest BCUT2D eigenvalue weighted by molar-refractivity contribution is -0.153. The van der Waals surface area contributed by atoms with Crippen molar-refractivity contribution in [1.82, 2.24) is 4.90 Å². The standard InChI is InChI=1S/C20H20ClNO6/c1-22(11-14-6-7-17-18(10-14)26-9-8-25-17)19(23)12-28-20(24)13-27-16-5-3-2-4-15(16)21/h2-7,10H,8-9,11-13H2,1H3. The van der Waals surface area contributed by atoms with Crippen LogP contribution in [0.4, 0.5) is 0 Å². The number of para-hydroxylation sites is 1. The first-order valence-electron chi connectivity index (χ1n) is 8.68. The Labute approximate surface area is 167 Å². The predicted molar refractivity (Wildman–Crippen MR) is 102 cm³/mol. The van der Waals surface area contributed by atoms with Crippen LogP contribution in [0.5, 0.6) is 17.2 Å². The van der Waals surface area contributed by atoms with Crippen LogP contribution in [0.3, 0.4) is 0 Å². The van der Waals surface area contributed by atoms with E-state index in [1.54, 1.807) is 31.3 Å². The molecule has 0 fully saturated rings. The van der Waals surface area contributed by atoms with E-state index in [0.29, 0.717) is 42.0 Å². The minimum Gasteiger partial charge on any atom is -0.486 e. The molecule has 28 heavy (non-hydrogen) atoms. The molecule has 0 aromatic heterocycles. The second kappa shape index (κ2) is 9.32. The molecule has 0 spiro atoms. The summed E-state index contributed by atoms with van der Waals surface area (Å²) in [7, 11) is 1.63. The lowest BCUT2D eigenvalue weighted by Crippen LogP contribution is -2.31. The zero-order chi connectivity index (χ0) is 19.9. The van der Waals surface area contributed by atoms with Crippen LogP contribution in [-0.4, -0.2) is 50.3 Å². The summed E-state index contributed by atoms with van der Waals surface area (Å²) in [5.74, 6) is 0.745. The molecule has 1 aliphatic heterocycles. The van der Waals surface area contributed by atoms with Gasteiger partial charge in [0.25, 0.3) is 5.91 Å². The number of carbonyl (C=O) groups excluding carboxylic acids is 2. The van der Waals surface area contributed by atoms with Gasteiger partial charge in [0, 0.05) is 13.6 Å². The summed E-state index contributed by atoms with van der Waals surface area (Å²) in [6.45, 7) is 0.672. The molecule has 2 aromatic carbocycles. The maximum atomic E-state index is 12.2. The summed E-state index contributed by atoms with van der Waals surface area (Å²) in [6.07, 6.45) is 0. The molecule has 0 atom stereocenters. The van der Waals surface area contributed by atoms with Gasteiger partial charge in [0.05, 0.1) is 5.02 Å². The first kappa shape index (κ1) is 19.8. The van der Waals surface area contributed by atoms with Crippen LogP contribution in [0.25, 0.3) is 0 Å². The van der Waals surface area contributed by atoms with Crippen LogP contribution in [0.1, 0.15) is 5.56 Å². The van der Waals surface area contributed by atoms with E-state index >= 15 is 0 Å². The Morgan fingerprint density at radius 2 is 1.82 bits per heavy atom. The Balaban J connectivity index is 1.44. The van der Waals surface area contributed by atoms with Gasteiger partial charge in [-0.3, -0.25) is 4.79 Å². The number of hydrogen-bond donors (Lipinski definition) is 0. The third-order valence-corrected chi connectivity index (χ3v) is 4.30. The molecule has 1 heterocycles. The zero-order valence-electron chi connectivity index (χ0n) is 15.4. The highest BCUT2D eigenvalue weighted by Gasteiger charge is 2.16. The highest BCUT2D eigenvalue weighted by molar-refractivity contribution is 6.32. The van der Waals surface area contributed by atoms with Gasteiger partial charge >= 0.3 is 5.97 Å². The summed E-state index contributed by atoms with van der Waals surface area (Å²) in [4.78, 5) is 25.4. The molecular formula is C20H20ClNO6. The molecule has 8 heteroatoms. The molecule has 7 nitrogen and oxygen atoms in total. The highest BCUT2D eigenvalue weighted by Crippen LogP contribution is 2.31. The van der Waals surface area contributed by atoms with E-state index in [4.69, 9.17) is 30.5 Å². The van der Waals surface area contributed by atoms with E-state index in [1.165, 1.54) is 4.90 Å². The fraction of sp³-hybridized carbons (Fsp3) is 0.300. The summed E-state index contributed by atoms with van der Waals surface area (Å²) in [5.41, 5.74) is 0.883. The molecule has 0 radical (unpaired) electrons. The van der Waals surface area contributed by atoms with Crippen LogP contribution >= 0.6 is 11.6 Å². The van der Waals surface area contributed by atoms with E-state index in [9.17, 15) is 9.59 Å². The van der Waals surface area contributed by atoms with Gasteiger partial charge in [0.2, 0.25) is 0 Å². The number of fused-ring (bicyclic) bond motifs is 1. The summed E-state index contributed by atoms with van der Waals surface area (Å²) in [6, 6.07) is 12.3. The Kier molecular flexibility index (Phi) is 6.60. The molecule has 0 N–H and O–H groups in total. The third-order valence-electron chi connectivity index (χ3n) is 3.99. The maximum Gasteiger partial charge on any atom is 0.344 e. The normalized spacial score (nSPS) is 12.2. The Bertz CT molecular complexity index is 856. The monoisotopic (exact) mass is 405 g/mol. The molecule has 3 rings (SSSR count). The van der Waals surface area contributed by atoms with Crippen LogP contribution < -0.4 is 14.2 Å². The first-order chi connectivity index (χ1) is 13.5. The molecule has 1 amide bonds. The van der Waals surface area contributed by atoms with E-state index in [1.807, 2.05) is 18.2 Å². The summed E-state index contributed by atoms with van der Waals surface area (Å²) >= 11 is 5.94. The van der Waals surface area contributed by atoms with Crippen LogP contribution in [-0.2, 0) is 20.9 Å². The van der Waals surface area contributed by atoms with Crippen LogP contribution in [0.15, 0.2) is 42.5 Å². The maximum absolute atomic E-state index is 12.2. The van der Waals surface area contributed by atoms with Crippen molar-refractivity contribution in [2.75, 3.05) is 33.5 Å². The van der Waals surface area contributed by atoms with Crippen molar-refractivity contribution in [2.45, 2.75) is 6.54 Å². The molecule has 0 saturated heterocycles. The topological polar surface area (TPSA) is 74.3 Å². The van der Waals surface area contributed by atoms with Crippen LogP contribution in [0, 0.1) is 0 Å². The van der Waals surface area contributed by atoms with Crippen molar-refractivity contribution in [1.29, 1.82) is 0 Å². The van der Waals surface area contributed by atoms with Crippen molar-refractivity contribution < 1.29 is 28.5 Å².